The SMILES string of the molecule is N#Cc1nccnc1N1CC(n2c(C3CC3)nc3ccccc32)C1. The highest BCUT2D eigenvalue weighted by Crippen LogP contribution is 2.43. The molecule has 1 saturated heterocycles. The van der Waals surface area contributed by atoms with Crippen LogP contribution in [-0.2, 0) is 0 Å². The molecule has 5 rings (SSSR count). The molecule has 2 aromatic heterocycles. The van der Waals surface area contributed by atoms with Crippen LogP contribution in [0.25, 0.3) is 11.0 Å². The number of para-hydroxylation sites is 2. The van der Waals surface area contributed by atoms with E-state index in [1.54, 1.807) is 12.4 Å². The summed E-state index contributed by atoms with van der Waals surface area (Å²) in [6.45, 7) is 1.68. The Balaban J connectivity index is 1.48. The van der Waals surface area contributed by atoms with E-state index >= 15 is 0 Å². The Labute approximate surface area is 139 Å². The highest BCUT2D eigenvalue weighted by molar-refractivity contribution is 5.76. The molecular formula is C18H16N6. The van der Waals surface area contributed by atoms with Crippen LogP contribution < -0.4 is 4.90 Å². The molecule has 118 valence electrons. The summed E-state index contributed by atoms with van der Waals surface area (Å²) >= 11 is 0. The number of benzene rings is 1. The molecule has 0 bridgehead atoms. The van der Waals surface area contributed by atoms with Gasteiger partial charge in [0.1, 0.15) is 11.9 Å². The minimum Gasteiger partial charge on any atom is -0.350 e. The van der Waals surface area contributed by atoms with Gasteiger partial charge in [0.2, 0.25) is 0 Å². The van der Waals surface area contributed by atoms with Gasteiger partial charge in [-0.05, 0) is 25.0 Å². The Bertz CT molecular complexity index is 959. The van der Waals surface area contributed by atoms with Crippen molar-refractivity contribution in [1.29, 1.82) is 5.26 Å². The van der Waals surface area contributed by atoms with Crippen LogP contribution in [0.2, 0.25) is 0 Å². The van der Waals surface area contributed by atoms with Gasteiger partial charge in [-0.1, -0.05) is 12.1 Å². The largest absolute Gasteiger partial charge is 0.350 e. The average Bonchev–Trinajstić information content (AvgIpc) is 3.36. The van der Waals surface area contributed by atoms with Crippen LogP contribution in [0.15, 0.2) is 36.7 Å². The first-order chi connectivity index (χ1) is 11.8. The zero-order valence-electron chi connectivity index (χ0n) is 13.1. The highest BCUT2D eigenvalue weighted by Gasteiger charge is 2.37. The summed E-state index contributed by atoms with van der Waals surface area (Å²) in [6.07, 6.45) is 5.69. The van der Waals surface area contributed by atoms with E-state index in [-0.39, 0.29) is 0 Å². The van der Waals surface area contributed by atoms with E-state index in [9.17, 15) is 5.26 Å². The van der Waals surface area contributed by atoms with Crippen molar-refractivity contribution in [2.45, 2.75) is 24.8 Å². The molecule has 0 atom stereocenters. The van der Waals surface area contributed by atoms with Gasteiger partial charge in [0.05, 0.1) is 17.1 Å². The number of nitriles is 1. The minimum atomic E-state index is 0.376. The molecule has 3 heterocycles. The minimum absolute atomic E-state index is 0.376. The van der Waals surface area contributed by atoms with Crippen molar-refractivity contribution in [3.8, 4) is 6.07 Å². The molecule has 1 aliphatic heterocycles. The zero-order valence-corrected chi connectivity index (χ0v) is 13.1. The van der Waals surface area contributed by atoms with E-state index in [4.69, 9.17) is 4.98 Å². The van der Waals surface area contributed by atoms with Crippen molar-refractivity contribution in [3.63, 3.8) is 0 Å². The predicted molar refractivity (Wildman–Crippen MR) is 89.7 cm³/mol. The molecule has 1 aromatic carbocycles. The Kier molecular flexibility index (Phi) is 2.83. The molecule has 1 saturated carbocycles. The molecule has 0 spiro atoms. The van der Waals surface area contributed by atoms with Gasteiger partial charge in [0, 0.05) is 31.4 Å². The van der Waals surface area contributed by atoms with Crippen LogP contribution in [0, 0.1) is 11.3 Å². The molecule has 2 fully saturated rings. The second-order valence-electron chi connectivity index (χ2n) is 6.50. The molecule has 1 aliphatic carbocycles. The molecule has 6 nitrogen and oxygen atoms in total. The van der Waals surface area contributed by atoms with Crippen molar-refractivity contribution in [3.05, 3.63) is 48.2 Å². The maximum atomic E-state index is 9.21. The second-order valence-corrected chi connectivity index (χ2v) is 6.50. The smallest absolute Gasteiger partial charge is 0.183 e. The van der Waals surface area contributed by atoms with Crippen molar-refractivity contribution < 1.29 is 0 Å². The topological polar surface area (TPSA) is 70.6 Å². The molecule has 0 N–H and O–H groups in total. The fraction of sp³-hybridized carbons (Fsp3) is 0.333. The van der Waals surface area contributed by atoms with Crippen LogP contribution in [0.3, 0.4) is 0 Å². The van der Waals surface area contributed by atoms with Gasteiger partial charge in [-0.15, -0.1) is 0 Å². The van der Waals surface area contributed by atoms with Crippen LogP contribution in [0.1, 0.15) is 36.3 Å². The van der Waals surface area contributed by atoms with E-state index in [0.29, 0.717) is 23.5 Å². The fourth-order valence-corrected chi connectivity index (χ4v) is 3.51. The molecule has 0 unspecified atom stereocenters. The summed E-state index contributed by atoms with van der Waals surface area (Å²) in [5.74, 6) is 2.52. The summed E-state index contributed by atoms with van der Waals surface area (Å²) in [4.78, 5) is 15.4. The summed E-state index contributed by atoms with van der Waals surface area (Å²) in [6, 6.07) is 10.9. The number of nitrogens with zero attached hydrogens (tertiary/aromatic N) is 6. The third-order valence-corrected chi connectivity index (χ3v) is 4.88. The first-order valence-electron chi connectivity index (χ1n) is 8.28. The molecule has 0 radical (unpaired) electrons. The van der Waals surface area contributed by atoms with E-state index in [1.807, 2.05) is 6.07 Å². The maximum Gasteiger partial charge on any atom is 0.183 e. The first-order valence-corrected chi connectivity index (χ1v) is 8.28. The monoisotopic (exact) mass is 316 g/mol. The Hall–Kier alpha value is -2.94. The third kappa shape index (κ3) is 1.98. The van der Waals surface area contributed by atoms with Crippen molar-refractivity contribution in [2.24, 2.45) is 0 Å². The lowest BCUT2D eigenvalue weighted by atomic mass is 10.1. The quantitative estimate of drug-likeness (QED) is 0.743. The van der Waals surface area contributed by atoms with Crippen LogP contribution in [-0.4, -0.2) is 32.6 Å². The first kappa shape index (κ1) is 13.5. The number of hydrogen-bond donors (Lipinski definition) is 0. The Morgan fingerprint density at radius 3 is 2.67 bits per heavy atom. The third-order valence-electron chi connectivity index (χ3n) is 4.88. The van der Waals surface area contributed by atoms with Gasteiger partial charge in [-0.2, -0.15) is 5.26 Å². The van der Waals surface area contributed by atoms with Gasteiger partial charge < -0.3 is 9.47 Å². The number of hydrogen-bond acceptors (Lipinski definition) is 5. The van der Waals surface area contributed by atoms with Crippen LogP contribution in [0.4, 0.5) is 5.82 Å². The summed E-state index contributed by atoms with van der Waals surface area (Å²) in [5, 5.41) is 9.21. The molecular weight excluding hydrogens is 300 g/mol. The van der Waals surface area contributed by atoms with Gasteiger partial charge in [0.15, 0.2) is 11.5 Å². The Morgan fingerprint density at radius 2 is 1.88 bits per heavy atom. The lowest BCUT2D eigenvalue weighted by molar-refractivity contribution is 0.394. The lowest BCUT2D eigenvalue weighted by Crippen LogP contribution is -2.49. The standard InChI is InChI=1S/C18H16N6/c19-9-15-18(21-8-7-20-15)23-10-13(11-23)24-16-4-2-1-3-14(16)22-17(24)12-5-6-12/h1-4,7-8,12-13H,5-6,10-11H2. The van der Waals surface area contributed by atoms with Crippen molar-refractivity contribution >= 4 is 16.9 Å². The van der Waals surface area contributed by atoms with Gasteiger partial charge in [0.25, 0.3) is 0 Å². The van der Waals surface area contributed by atoms with E-state index in [1.165, 1.54) is 24.2 Å². The molecule has 6 heteroatoms. The van der Waals surface area contributed by atoms with Crippen LogP contribution >= 0.6 is 0 Å². The van der Waals surface area contributed by atoms with Gasteiger partial charge >= 0.3 is 0 Å². The van der Waals surface area contributed by atoms with Gasteiger partial charge in [-0.25, -0.2) is 15.0 Å². The van der Waals surface area contributed by atoms with Gasteiger partial charge in [-0.3, -0.25) is 0 Å². The number of anilines is 1. The number of aromatic nitrogens is 4. The normalized spacial score (nSPS) is 17.7. The molecule has 24 heavy (non-hydrogen) atoms. The lowest BCUT2D eigenvalue weighted by Gasteiger charge is -2.41. The highest BCUT2D eigenvalue weighted by atomic mass is 15.3. The zero-order chi connectivity index (χ0) is 16.1. The fourth-order valence-electron chi connectivity index (χ4n) is 3.51. The van der Waals surface area contributed by atoms with E-state index in [2.05, 4.69) is 43.7 Å². The molecule has 3 aromatic rings. The number of fused-ring (bicyclic) bond motifs is 1. The Morgan fingerprint density at radius 1 is 1.08 bits per heavy atom. The summed E-state index contributed by atoms with van der Waals surface area (Å²) in [5.41, 5.74) is 2.69. The van der Waals surface area contributed by atoms with E-state index < -0.39 is 0 Å². The van der Waals surface area contributed by atoms with Crippen LogP contribution in [0.5, 0.6) is 0 Å². The number of imidazole rings is 1. The van der Waals surface area contributed by atoms with Crippen molar-refractivity contribution in [1.82, 2.24) is 19.5 Å². The number of rotatable bonds is 3. The van der Waals surface area contributed by atoms with E-state index in [0.717, 1.165) is 18.6 Å². The summed E-state index contributed by atoms with van der Waals surface area (Å²) in [7, 11) is 0. The average molecular weight is 316 g/mol. The molecule has 2 aliphatic rings. The van der Waals surface area contributed by atoms with Crippen molar-refractivity contribution in [2.75, 3.05) is 18.0 Å². The maximum absolute atomic E-state index is 9.21. The predicted octanol–water partition coefficient (Wildman–Crippen LogP) is 2.64. The second kappa shape index (κ2) is 5.03. The molecule has 0 amide bonds. The summed E-state index contributed by atoms with van der Waals surface area (Å²) < 4.78 is 2.41.